The quantitative estimate of drug-likeness (QED) is 0.874. The zero-order chi connectivity index (χ0) is 17.2. The highest BCUT2D eigenvalue weighted by atomic mass is 32.2. The van der Waals surface area contributed by atoms with Gasteiger partial charge in [-0.3, -0.25) is 4.79 Å². The van der Waals surface area contributed by atoms with Crippen molar-refractivity contribution in [3.05, 3.63) is 46.8 Å². The molecule has 2 aromatic rings. The average Bonchev–Trinajstić information content (AvgIpc) is 3.14. The minimum atomic E-state index is -3.17. The third-order valence-electron chi connectivity index (χ3n) is 3.51. The lowest BCUT2D eigenvalue weighted by Gasteiger charge is -2.08. The molecule has 0 bridgehead atoms. The Kier molecular flexibility index (Phi) is 4.68. The van der Waals surface area contributed by atoms with Gasteiger partial charge in [0.15, 0.2) is 9.84 Å². The van der Waals surface area contributed by atoms with Gasteiger partial charge < -0.3 is 10.1 Å². The third kappa shape index (κ3) is 4.01. The molecule has 3 rings (SSSR count). The van der Waals surface area contributed by atoms with E-state index in [1.165, 1.54) is 17.4 Å². The summed E-state index contributed by atoms with van der Waals surface area (Å²) in [6.07, 6.45) is 1.62. The molecule has 126 valence electrons. The highest BCUT2D eigenvalue weighted by Crippen LogP contribution is 2.25. The summed E-state index contributed by atoms with van der Waals surface area (Å²) in [5.74, 6) is 0.454. The smallest absolute Gasteiger partial charge is 0.226 e. The van der Waals surface area contributed by atoms with Crippen LogP contribution >= 0.6 is 11.3 Å². The monoisotopic (exact) mass is 364 g/mol. The summed E-state index contributed by atoms with van der Waals surface area (Å²) in [4.78, 5) is 16.5. The van der Waals surface area contributed by atoms with Gasteiger partial charge in [-0.05, 0) is 30.3 Å². The number of rotatable bonds is 5. The van der Waals surface area contributed by atoms with E-state index in [0.717, 1.165) is 21.7 Å². The molecule has 1 N–H and O–H groups in total. The highest BCUT2D eigenvalue weighted by molar-refractivity contribution is 7.94. The van der Waals surface area contributed by atoms with Crippen LogP contribution in [0.2, 0.25) is 0 Å². The first-order valence-electron chi connectivity index (χ1n) is 7.24. The van der Waals surface area contributed by atoms with E-state index in [4.69, 9.17) is 4.74 Å². The van der Waals surface area contributed by atoms with Crippen molar-refractivity contribution in [2.45, 2.75) is 12.5 Å². The van der Waals surface area contributed by atoms with Crippen molar-refractivity contribution in [1.29, 1.82) is 0 Å². The van der Waals surface area contributed by atoms with Crippen molar-refractivity contribution in [3.63, 3.8) is 0 Å². The maximum atomic E-state index is 12.0. The number of amides is 1. The van der Waals surface area contributed by atoms with Crippen LogP contribution in [0.3, 0.4) is 0 Å². The molecule has 1 amide bonds. The third-order valence-corrected chi connectivity index (χ3v) is 5.84. The van der Waals surface area contributed by atoms with Crippen LogP contribution < -0.4 is 10.1 Å². The Hall–Kier alpha value is -2.19. The summed E-state index contributed by atoms with van der Waals surface area (Å²) >= 11 is 1.46. The first-order chi connectivity index (χ1) is 11.4. The Morgan fingerprint density at radius 1 is 1.38 bits per heavy atom. The molecule has 1 aliphatic heterocycles. The van der Waals surface area contributed by atoms with Gasteiger partial charge in [-0.25, -0.2) is 13.4 Å². The Bertz CT molecular complexity index is 870. The zero-order valence-corrected chi connectivity index (χ0v) is 14.6. The van der Waals surface area contributed by atoms with Gasteiger partial charge in [0.05, 0.1) is 31.0 Å². The molecule has 1 aromatic carbocycles. The van der Waals surface area contributed by atoms with Gasteiger partial charge >= 0.3 is 0 Å². The van der Waals surface area contributed by atoms with E-state index in [1.807, 2.05) is 29.6 Å². The molecule has 24 heavy (non-hydrogen) atoms. The maximum Gasteiger partial charge on any atom is 0.226 e. The molecule has 0 saturated heterocycles. The molecular formula is C16H16N2O4S2. The molecule has 0 fully saturated rings. The summed E-state index contributed by atoms with van der Waals surface area (Å²) in [6.45, 7) is 0. The number of methoxy groups -OCH3 is 1. The van der Waals surface area contributed by atoms with E-state index < -0.39 is 15.9 Å². The lowest BCUT2D eigenvalue weighted by Crippen LogP contribution is -2.36. The van der Waals surface area contributed by atoms with Crippen molar-refractivity contribution < 1.29 is 17.9 Å². The standard InChI is InChI=1S/C16H16N2O4S2/c1-22-14-4-2-11(3-5-14)16-18-13(9-23-16)8-15(19)17-12-6-7-24(20,21)10-12/h2-7,9,12H,8,10H2,1H3,(H,17,19)/t12-/m1/s1. The van der Waals surface area contributed by atoms with Gasteiger partial charge in [-0.15, -0.1) is 11.3 Å². The molecule has 2 heterocycles. The number of ether oxygens (including phenoxy) is 1. The normalized spacial score (nSPS) is 18.5. The summed E-state index contributed by atoms with van der Waals surface area (Å²) in [5, 5.41) is 6.49. The van der Waals surface area contributed by atoms with Crippen LogP contribution in [-0.2, 0) is 21.1 Å². The predicted molar refractivity (Wildman–Crippen MR) is 92.7 cm³/mol. The number of aromatic nitrogens is 1. The molecule has 8 heteroatoms. The van der Waals surface area contributed by atoms with Gasteiger partial charge in [0.25, 0.3) is 0 Å². The molecule has 0 aliphatic carbocycles. The van der Waals surface area contributed by atoms with Crippen LogP contribution in [-0.4, -0.2) is 38.2 Å². The number of hydrogen-bond donors (Lipinski definition) is 1. The van der Waals surface area contributed by atoms with Crippen molar-refractivity contribution in [3.8, 4) is 16.3 Å². The molecule has 0 saturated carbocycles. The molecule has 1 aromatic heterocycles. The second-order valence-corrected chi connectivity index (χ2v) is 8.17. The zero-order valence-electron chi connectivity index (χ0n) is 12.9. The average molecular weight is 364 g/mol. The van der Waals surface area contributed by atoms with Crippen LogP contribution in [0, 0.1) is 0 Å². The van der Waals surface area contributed by atoms with Gasteiger partial charge in [-0.1, -0.05) is 0 Å². The maximum absolute atomic E-state index is 12.0. The summed E-state index contributed by atoms with van der Waals surface area (Å²) < 4.78 is 27.8. The minimum absolute atomic E-state index is 0.0765. The molecule has 1 aliphatic rings. The second kappa shape index (κ2) is 6.74. The van der Waals surface area contributed by atoms with Crippen molar-refractivity contribution in [1.82, 2.24) is 10.3 Å². The lowest BCUT2D eigenvalue weighted by atomic mass is 10.2. The van der Waals surface area contributed by atoms with E-state index >= 15 is 0 Å². The minimum Gasteiger partial charge on any atom is -0.497 e. The fourth-order valence-corrected chi connectivity index (χ4v) is 4.40. The molecule has 0 spiro atoms. The predicted octanol–water partition coefficient (Wildman–Crippen LogP) is 1.79. The van der Waals surface area contributed by atoms with Crippen molar-refractivity contribution in [2.75, 3.05) is 12.9 Å². The molecule has 0 unspecified atom stereocenters. The number of sulfone groups is 1. The number of nitrogens with one attached hydrogen (secondary N) is 1. The van der Waals surface area contributed by atoms with Crippen LogP contribution in [0.4, 0.5) is 0 Å². The molecule has 0 radical (unpaired) electrons. The summed E-state index contributed by atoms with van der Waals surface area (Å²) in [5.41, 5.74) is 1.62. The van der Waals surface area contributed by atoms with E-state index in [1.54, 1.807) is 7.11 Å². The van der Waals surface area contributed by atoms with Crippen LogP contribution in [0.1, 0.15) is 5.69 Å². The van der Waals surface area contributed by atoms with Crippen molar-refractivity contribution in [2.24, 2.45) is 0 Å². The number of benzene rings is 1. The summed E-state index contributed by atoms with van der Waals surface area (Å²) in [6, 6.07) is 7.08. The molecular weight excluding hydrogens is 348 g/mol. The number of carbonyl (C=O) groups excluding carboxylic acids is 1. The number of thiazole rings is 1. The second-order valence-electron chi connectivity index (χ2n) is 5.38. The SMILES string of the molecule is COc1ccc(-c2nc(CC(=O)N[C@@H]3C=CS(=O)(=O)C3)cs2)cc1. The molecule has 1 atom stereocenters. The Morgan fingerprint density at radius 2 is 2.12 bits per heavy atom. The Labute approximate surface area is 144 Å². The first-order valence-corrected chi connectivity index (χ1v) is 9.84. The van der Waals surface area contributed by atoms with Crippen LogP contribution in [0.15, 0.2) is 41.1 Å². The molecule has 6 nitrogen and oxygen atoms in total. The van der Waals surface area contributed by atoms with Gasteiger partial charge in [-0.2, -0.15) is 0 Å². The Morgan fingerprint density at radius 3 is 2.75 bits per heavy atom. The van der Waals surface area contributed by atoms with Gasteiger partial charge in [0.1, 0.15) is 10.8 Å². The fraction of sp³-hybridized carbons (Fsp3) is 0.250. The highest BCUT2D eigenvalue weighted by Gasteiger charge is 2.23. The largest absolute Gasteiger partial charge is 0.497 e. The van der Waals surface area contributed by atoms with Crippen LogP contribution in [0.25, 0.3) is 10.6 Å². The lowest BCUT2D eigenvalue weighted by molar-refractivity contribution is -0.120. The van der Waals surface area contributed by atoms with Crippen LogP contribution in [0.5, 0.6) is 5.75 Å². The summed E-state index contributed by atoms with van der Waals surface area (Å²) in [7, 11) is -1.56. The van der Waals surface area contributed by atoms with Crippen molar-refractivity contribution >= 4 is 27.1 Å². The van der Waals surface area contributed by atoms with E-state index in [9.17, 15) is 13.2 Å². The topological polar surface area (TPSA) is 85.4 Å². The van der Waals surface area contributed by atoms with Gasteiger partial charge in [0, 0.05) is 16.4 Å². The number of carbonyl (C=O) groups is 1. The van der Waals surface area contributed by atoms with E-state index in [-0.39, 0.29) is 18.1 Å². The Balaban J connectivity index is 1.61. The van der Waals surface area contributed by atoms with E-state index in [2.05, 4.69) is 10.3 Å². The fourth-order valence-electron chi connectivity index (χ4n) is 2.34. The van der Waals surface area contributed by atoms with E-state index in [0.29, 0.717) is 5.69 Å². The van der Waals surface area contributed by atoms with Gasteiger partial charge in [0.2, 0.25) is 5.91 Å². The first kappa shape index (κ1) is 16.7. The number of hydrogen-bond acceptors (Lipinski definition) is 6. The number of nitrogens with zero attached hydrogens (tertiary/aromatic N) is 1.